The van der Waals surface area contributed by atoms with Gasteiger partial charge in [-0.15, -0.1) is 24.0 Å². The zero-order valence-corrected chi connectivity index (χ0v) is 13.5. The molecule has 1 aliphatic rings. The Labute approximate surface area is 122 Å². The van der Waals surface area contributed by atoms with Gasteiger partial charge < -0.3 is 15.4 Å². The maximum Gasteiger partial charge on any atom is 0.191 e. The van der Waals surface area contributed by atoms with Gasteiger partial charge in [0.1, 0.15) is 0 Å². The van der Waals surface area contributed by atoms with Crippen LogP contribution < -0.4 is 10.6 Å². The smallest absolute Gasteiger partial charge is 0.191 e. The summed E-state index contributed by atoms with van der Waals surface area (Å²) in [5.41, 5.74) is 0. The Morgan fingerprint density at radius 2 is 2.12 bits per heavy atom. The third-order valence-electron chi connectivity index (χ3n) is 2.22. The lowest BCUT2D eigenvalue weighted by Gasteiger charge is -2.10. The molecule has 0 heterocycles. The molecule has 2 N–H and O–H groups in total. The van der Waals surface area contributed by atoms with Gasteiger partial charge in [0.05, 0.1) is 13.2 Å². The Morgan fingerprint density at radius 1 is 1.41 bits per heavy atom. The normalized spacial score (nSPS) is 15.6. The van der Waals surface area contributed by atoms with E-state index in [1.807, 2.05) is 0 Å². The van der Waals surface area contributed by atoms with Crippen molar-refractivity contribution < 1.29 is 4.74 Å². The fourth-order valence-corrected chi connectivity index (χ4v) is 1.28. The van der Waals surface area contributed by atoms with Crippen molar-refractivity contribution in [2.75, 3.05) is 26.3 Å². The highest BCUT2D eigenvalue weighted by molar-refractivity contribution is 14.0. The molecule has 1 saturated carbocycles. The van der Waals surface area contributed by atoms with Crippen LogP contribution in [0.3, 0.4) is 0 Å². The van der Waals surface area contributed by atoms with Crippen molar-refractivity contribution in [1.29, 1.82) is 0 Å². The lowest BCUT2D eigenvalue weighted by molar-refractivity contribution is 0.117. The molecule has 0 spiro atoms. The number of hydrogen-bond acceptors (Lipinski definition) is 2. The highest BCUT2D eigenvalue weighted by Gasteiger charge is 2.21. The first-order chi connectivity index (χ1) is 7.72. The molecule has 17 heavy (non-hydrogen) atoms. The monoisotopic (exact) mass is 355 g/mol. The minimum Gasteiger partial charge on any atom is -0.379 e. The molecular weight excluding hydrogens is 329 g/mol. The van der Waals surface area contributed by atoms with Gasteiger partial charge in [-0.1, -0.05) is 13.8 Å². The molecule has 0 bridgehead atoms. The highest BCUT2D eigenvalue weighted by atomic mass is 127. The van der Waals surface area contributed by atoms with Crippen molar-refractivity contribution in [3.05, 3.63) is 0 Å². The van der Waals surface area contributed by atoms with Crippen molar-refractivity contribution in [3.8, 4) is 0 Å². The minimum atomic E-state index is 0. The Kier molecular flexibility index (Phi) is 9.91. The molecule has 0 aliphatic heterocycles. The molecule has 0 radical (unpaired) electrons. The van der Waals surface area contributed by atoms with Crippen molar-refractivity contribution in [2.45, 2.75) is 39.7 Å². The summed E-state index contributed by atoms with van der Waals surface area (Å²) in [5, 5.41) is 6.61. The third kappa shape index (κ3) is 9.64. The van der Waals surface area contributed by atoms with E-state index in [1.165, 1.54) is 12.8 Å². The molecule has 5 heteroatoms. The van der Waals surface area contributed by atoms with E-state index < -0.39 is 0 Å². The van der Waals surface area contributed by atoms with Crippen LogP contribution in [0, 0.1) is 5.92 Å². The van der Waals surface area contributed by atoms with Gasteiger partial charge in [0.2, 0.25) is 0 Å². The molecule has 1 rings (SSSR count). The van der Waals surface area contributed by atoms with Crippen LogP contribution >= 0.6 is 24.0 Å². The van der Waals surface area contributed by atoms with E-state index in [2.05, 4.69) is 36.4 Å². The number of nitrogens with one attached hydrogen (secondary N) is 2. The maximum atomic E-state index is 5.48. The first kappa shape index (κ1) is 17.0. The number of nitrogens with zero attached hydrogens (tertiary/aromatic N) is 1. The molecule has 0 atom stereocenters. The van der Waals surface area contributed by atoms with Crippen molar-refractivity contribution in [3.63, 3.8) is 0 Å². The Bertz CT molecular complexity index is 218. The average molecular weight is 355 g/mol. The van der Waals surface area contributed by atoms with Crippen LogP contribution in [0.1, 0.15) is 33.6 Å². The van der Waals surface area contributed by atoms with Crippen LogP contribution in [0.25, 0.3) is 0 Å². The van der Waals surface area contributed by atoms with E-state index in [1.54, 1.807) is 0 Å². The van der Waals surface area contributed by atoms with Gasteiger partial charge in [-0.25, -0.2) is 0 Å². The van der Waals surface area contributed by atoms with E-state index in [9.17, 15) is 0 Å². The second-order valence-corrected chi connectivity index (χ2v) is 4.65. The quantitative estimate of drug-likeness (QED) is 0.318. The van der Waals surface area contributed by atoms with Gasteiger partial charge in [0.25, 0.3) is 0 Å². The Morgan fingerprint density at radius 3 is 2.65 bits per heavy atom. The number of hydrogen-bond donors (Lipinski definition) is 2. The molecule has 4 nitrogen and oxygen atoms in total. The largest absolute Gasteiger partial charge is 0.379 e. The van der Waals surface area contributed by atoms with Gasteiger partial charge in [-0.3, -0.25) is 4.99 Å². The molecule has 0 aromatic heterocycles. The Balaban J connectivity index is 0.00000256. The van der Waals surface area contributed by atoms with E-state index in [0.29, 0.717) is 18.6 Å². The molecule has 0 aromatic rings. The molecule has 0 unspecified atom stereocenters. The number of ether oxygens (including phenoxy) is 1. The predicted molar refractivity (Wildman–Crippen MR) is 83.2 cm³/mol. The van der Waals surface area contributed by atoms with Gasteiger partial charge >= 0.3 is 0 Å². The van der Waals surface area contributed by atoms with E-state index in [4.69, 9.17) is 4.74 Å². The van der Waals surface area contributed by atoms with Gasteiger partial charge in [-0.05, 0) is 25.7 Å². The summed E-state index contributed by atoms with van der Waals surface area (Å²) in [6.45, 7) is 9.56. The summed E-state index contributed by atoms with van der Waals surface area (Å²) >= 11 is 0. The molecule has 0 saturated heterocycles. The second-order valence-electron chi connectivity index (χ2n) is 4.65. The van der Waals surface area contributed by atoms with Crippen LogP contribution in [-0.4, -0.2) is 38.3 Å². The Hall–Kier alpha value is -0.0400. The van der Waals surface area contributed by atoms with Crippen LogP contribution in [0.5, 0.6) is 0 Å². The lowest BCUT2D eigenvalue weighted by atomic mass is 10.2. The van der Waals surface area contributed by atoms with Gasteiger partial charge in [-0.2, -0.15) is 0 Å². The zero-order chi connectivity index (χ0) is 11.8. The van der Waals surface area contributed by atoms with Gasteiger partial charge in [0, 0.05) is 19.2 Å². The summed E-state index contributed by atoms with van der Waals surface area (Å²) < 4.78 is 5.48. The molecule has 0 amide bonds. The van der Waals surface area contributed by atoms with Crippen molar-refractivity contribution in [1.82, 2.24) is 10.6 Å². The zero-order valence-electron chi connectivity index (χ0n) is 11.2. The summed E-state index contributed by atoms with van der Waals surface area (Å²) in [4.78, 5) is 4.46. The number of halogens is 1. The summed E-state index contributed by atoms with van der Waals surface area (Å²) in [7, 11) is 0. The number of aliphatic imine (C=N–C) groups is 1. The first-order valence-corrected chi connectivity index (χ1v) is 6.35. The molecule has 1 fully saturated rings. The average Bonchev–Trinajstić information content (AvgIpc) is 3.01. The van der Waals surface area contributed by atoms with E-state index >= 15 is 0 Å². The molecule has 1 aliphatic carbocycles. The molecule has 0 aromatic carbocycles. The van der Waals surface area contributed by atoms with Crippen LogP contribution in [0.2, 0.25) is 0 Å². The summed E-state index contributed by atoms with van der Waals surface area (Å²) in [5.74, 6) is 1.53. The topological polar surface area (TPSA) is 45.7 Å². The highest BCUT2D eigenvalue weighted by Crippen LogP contribution is 2.18. The van der Waals surface area contributed by atoms with Gasteiger partial charge in [0.15, 0.2) is 5.96 Å². The fraction of sp³-hybridized carbons (Fsp3) is 0.917. The summed E-state index contributed by atoms with van der Waals surface area (Å²) in [6.07, 6.45) is 2.54. The first-order valence-electron chi connectivity index (χ1n) is 6.35. The van der Waals surface area contributed by atoms with E-state index in [0.717, 1.165) is 25.7 Å². The SMILES string of the molecule is CCNC(=NCCOCC(C)C)NC1CC1.I. The number of guanidine groups is 1. The maximum absolute atomic E-state index is 5.48. The third-order valence-corrected chi connectivity index (χ3v) is 2.22. The van der Waals surface area contributed by atoms with Crippen LogP contribution in [0.4, 0.5) is 0 Å². The minimum absolute atomic E-state index is 0. The standard InChI is InChI=1S/C12H25N3O.HI/c1-4-13-12(15-11-5-6-11)14-7-8-16-9-10(2)3;/h10-11H,4-9H2,1-3H3,(H2,13,14,15);1H. The predicted octanol–water partition coefficient (Wildman–Crippen LogP) is 1.99. The van der Waals surface area contributed by atoms with Crippen molar-refractivity contribution in [2.24, 2.45) is 10.9 Å². The fourth-order valence-electron chi connectivity index (χ4n) is 1.28. The van der Waals surface area contributed by atoms with E-state index in [-0.39, 0.29) is 24.0 Å². The molecular formula is C12H26IN3O. The second kappa shape index (κ2) is 9.94. The lowest BCUT2D eigenvalue weighted by Crippen LogP contribution is -2.38. The molecule has 102 valence electrons. The van der Waals surface area contributed by atoms with Crippen LogP contribution in [-0.2, 0) is 4.74 Å². The number of rotatable bonds is 7. The van der Waals surface area contributed by atoms with Crippen molar-refractivity contribution >= 4 is 29.9 Å². The van der Waals surface area contributed by atoms with Crippen LogP contribution in [0.15, 0.2) is 4.99 Å². The summed E-state index contributed by atoms with van der Waals surface area (Å²) in [6, 6.07) is 0.648.